The number of likely N-dealkylation sites (tertiary alicyclic amines) is 2. The number of rotatable bonds is 10. The van der Waals surface area contributed by atoms with Crippen molar-refractivity contribution in [2.75, 3.05) is 33.3 Å². The third-order valence-electron chi connectivity index (χ3n) is 6.76. The van der Waals surface area contributed by atoms with Gasteiger partial charge in [-0.15, -0.1) is 0 Å². The number of furan rings is 1. The average molecular weight is 440 g/mol. The molecule has 6 nitrogen and oxygen atoms in total. The highest BCUT2D eigenvalue weighted by atomic mass is 16.5. The summed E-state index contributed by atoms with van der Waals surface area (Å²) in [6, 6.07) is 14.9. The minimum absolute atomic E-state index is 0.222. The van der Waals surface area contributed by atoms with Gasteiger partial charge in [-0.1, -0.05) is 30.3 Å². The number of amides is 1. The molecule has 2 aromatic rings. The van der Waals surface area contributed by atoms with Gasteiger partial charge in [0.15, 0.2) is 0 Å². The predicted molar refractivity (Wildman–Crippen MR) is 125 cm³/mol. The van der Waals surface area contributed by atoms with Crippen molar-refractivity contribution in [2.24, 2.45) is 5.92 Å². The molecular formula is C26H37N3O3. The maximum absolute atomic E-state index is 12.5. The van der Waals surface area contributed by atoms with Crippen LogP contribution in [0.3, 0.4) is 0 Å². The molecule has 0 saturated carbocycles. The quantitative estimate of drug-likeness (QED) is 0.610. The molecule has 32 heavy (non-hydrogen) atoms. The number of carbonyl (C=O) groups is 1. The minimum atomic E-state index is 0.222. The third-order valence-corrected chi connectivity index (χ3v) is 6.76. The molecule has 2 aliphatic rings. The van der Waals surface area contributed by atoms with E-state index in [-0.39, 0.29) is 5.91 Å². The first-order valence-electron chi connectivity index (χ1n) is 12.0. The minimum Gasteiger partial charge on any atom is -0.462 e. The van der Waals surface area contributed by atoms with E-state index in [1.54, 1.807) is 7.11 Å². The summed E-state index contributed by atoms with van der Waals surface area (Å²) in [5.41, 5.74) is 1.34. The lowest BCUT2D eigenvalue weighted by atomic mass is 9.92. The molecule has 1 N–H and O–H groups in total. The van der Waals surface area contributed by atoms with Crippen molar-refractivity contribution in [1.29, 1.82) is 0 Å². The fourth-order valence-electron chi connectivity index (χ4n) is 4.95. The Morgan fingerprint density at radius 2 is 1.75 bits per heavy atom. The fraction of sp³-hybridized carbons (Fsp3) is 0.577. The van der Waals surface area contributed by atoms with Crippen LogP contribution in [-0.4, -0.2) is 55.0 Å². The number of carbonyl (C=O) groups excluding carboxylic acids is 1. The number of piperidine rings is 1. The molecule has 1 atom stereocenters. The highest BCUT2D eigenvalue weighted by molar-refractivity contribution is 5.76. The molecule has 1 aromatic heterocycles. The molecule has 2 saturated heterocycles. The third kappa shape index (κ3) is 6.92. The molecule has 4 rings (SSSR count). The summed E-state index contributed by atoms with van der Waals surface area (Å²) in [6.07, 6.45) is 5.02. The van der Waals surface area contributed by atoms with Crippen LogP contribution in [0.15, 0.2) is 46.9 Å². The van der Waals surface area contributed by atoms with E-state index in [4.69, 9.17) is 9.15 Å². The van der Waals surface area contributed by atoms with E-state index in [1.165, 1.54) is 5.56 Å². The molecule has 0 spiro atoms. The number of hydrogen-bond acceptors (Lipinski definition) is 5. The molecular weight excluding hydrogens is 402 g/mol. The molecule has 3 heterocycles. The number of ether oxygens (including phenoxy) is 1. The van der Waals surface area contributed by atoms with Crippen molar-refractivity contribution in [1.82, 2.24) is 15.1 Å². The van der Waals surface area contributed by atoms with Crippen LogP contribution in [0.2, 0.25) is 0 Å². The summed E-state index contributed by atoms with van der Waals surface area (Å²) >= 11 is 0. The average Bonchev–Trinajstić information content (AvgIpc) is 3.43. The Hall–Kier alpha value is -2.15. The Morgan fingerprint density at radius 3 is 2.53 bits per heavy atom. The maximum Gasteiger partial charge on any atom is 0.220 e. The molecule has 0 unspecified atom stereocenters. The van der Waals surface area contributed by atoms with Crippen molar-refractivity contribution in [3.63, 3.8) is 0 Å². The fourth-order valence-corrected chi connectivity index (χ4v) is 4.95. The van der Waals surface area contributed by atoms with Gasteiger partial charge >= 0.3 is 0 Å². The Kier molecular flexibility index (Phi) is 8.37. The molecule has 1 amide bonds. The van der Waals surface area contributed by atoms with Crippen LogP contribution >= 0.6 is 0 Å². The van der Waals surface area contributed by atoms with Crippen molar-refractivity contribution in [2.45, 2.75) is 57.8 Å². The molecule has 0 radical (unpaired) electrons. The first kappa shape index (κ1) is 23.0. The van der Waals surface area contributed by atoms with Gasteiger partial charge in [-0.25, -0.2) is 0 Å². The highest BCUT2D eigenvalue weighted by Crippen LogP contribution is 2.24. The molecule has 174 valence electrons. The van der Waals surface area contributed by atoms with E-state index in [2.05, 4.69) is 51.5 Å². The number of hydrogen-bond donors (Lipinski definition) is 1. The van der Waals surface area contributed by atoms with Crippen LogP contribution in [0.25, 0.3) is 0 Å². The first-order chi connectivity index (χ1) is 15.7. The van der Waals surface area contributed by atoms with Crippen molar-refractivity contribution >= 4 is 5.91 Å². The van der Waals surface area contributed by atoms with Gasteiger partial charge in [0.1, 0.15) is 18.1 Å². The first-order valence-corrected chi connectivity index (χ1v) is 12.0. The number of nitrogens with one attached hydrogen (secondary N) is 1. The second-order valence-electron chi connectivity index (χ2n) is 9.33. The van der Waals surface area contributed by atoms with Crippen molar-refractivity contribution in [3.8, 4) is 0 Å². The summed E-state index contributed by atoms with van der Waals surface area (Å²) in [5.74, 6) is 2.76. The number of methoxy groups -OCH3 is 1. The molecule has 0 aliphatic carbocycles. The monoisotopic (exact) mass is 439 g/mol. The highest BCUT2D eigenvalue weighted by Gasteiger charge is 2.25. The van der Waals surface area contributed by atoms with E-state index in [9.17, 15) is 4.79 Å². The second kappa shape index (κ2) is 11.6. The Bertz CT molecular complexity index is 830. The topological polar surface area (TPSA) is 58.0 Å². The van der Waals surface area contributed by atoms with Gasteiger partial charge in [-0.05, 0) is 62.4 Å². The van der Waals surface area contributed by atoms with Crippen LogP contribution in [-0.2, 0) is 29.2 Å². The van der Waals surface area contributed by atoms with Gasteiger partial charge in [-0.2, -0.15) is 0 Å². The maximum atomic E-state index is 12.5. The molecule has 2 aliphatic heterocycles. The summed E-state index contributed by atoms with van der Waals surface area (Å²) in [4.78, 5) is 17.4. The van der Waals surface area contributed by atoms with Crippen molar-refractivity contribution < 1.29 is 13.9 Å². The number of benzene rings is 1. The Balaban J connectivity index is 1.10. The van der Waals surface area contributed by atoms with Crippen LogP contribution < -0.4 is 5.32 Å². The lowest BCUT2D eigenvalue weighted by molar-refractivity contribution is -0.122. The van der Waals surface area contributed by atoms with Gasteiger partial charge in [0.2, 0.25) is 5.91 Å². The zero-order valence-corrected chi connectivity index (χ0v) is 19.3. The molecule has 6 heteroatoms. The Morgan fingerprint density at radius 1 is 1.00 bits per heavy atom. The summed E-state index contributed by atoms with van der Waals surface area (Å²) in [5, 5.41) is 3.27. The van der Waals surface area contributed by atoms with Gasteiger partial charge in [0.25, 0.3) is 0 Å². The van der Waals surface area contributed by atoms with Gasteiger partial charge in [-0.3, -0.25) is 14.6 Å². The lowest BCUT2D eigenvalue weighted by Crippen LogP contribution is -2.37. The van der Waals surface area contributed by atoms with Crippen LogP contribution in [0.4, 0.5) is 0 Å². The SMILES string of the molecule is COCc1ccc(CN2CCC(CCC(=O)N[C@H]3CCN(Cc4ccccc4)C3)CC2)o1. The Labute approximate surface area is 191 Å². The van der Waals surface area contributed by atoms with E-state index >= 15 is 0 Å². The predicted octanol–water partition coefficient (Wildman–Crippen LogP) is 3.81. The smallest absolute Gasteiger partial charge is 0.220 e. The summed E-state index contributed by atoms with van der Waals surface area (Å²) in [7, 11) is 1.68. The zero-order chi connectivity index (χ0) is 22.2. The number of nitrogens with zero attached hydrogens (tertiary/aromatic N) is 2. The van der Waals surface area contributed by atoms with E-state index in [0.29, 0.717) is 25.0 Å². The summed E-state index contributed by atoms with van der Waals surface area (Å²) in [6.45, 7) is 6.51. The molecule has 1 aromatic carbocycles. The van der Waals surface area contributed by atoms with Crippen LogP contribution in [0, 0.1) is 5.92 Å². The normalized spacial score (nSPS) is 20.6. The second-order valence-corrected chi connectivity index (χ2v) is 9.33. The van der Waals surface area contributed by atoms with Gasteiger partial charge < -0.3 is 14.5 Å². The van der Waals surface area contributed by atoms with Gasteiger partial charge in [0, 0.05) is 39.2 Å². The molecule has 2 fully saturated rings. The van der Waals surface area contributed by atoms with E-state index in [0.717, 1.165) is 76.5 Å². The standard InChI is InChI=1S/C26H37N3O3/c1-31-20-25-9-8-24(32-25)19-28-14-11-21(12-15-28)7-10-26(30)27-23-13-16-29(18-23)17-22-5-3-2-4-6-22/h2-6,8-9,21,23H,7,10-20H2,1H3,(H,27,30)/t23-/m0/s1. The summed E-state index contributed by atoms with van der Waals surface area (Å²) < 4.78 is 10.9. The van der Waals surface area contributed by atoms with E-state index in [1.807, 2.05) is 6.07 Å². The largest absolute Gasteiger partial charge is 0.462 e. The van der Waals surface area contributed by atoms with Gasteiger partial charge in [0.05, 0.1) is 6.54 Å². The van der Waals surface area contributed by atoms with Crippen LogP contribution in [0.5, 0.6) is 0 Å². The molecule has 0 bridgehead atoms. The lowest BCUT2D eigenvalue weighted by Gasteiger charge is -2.31. The van der Waals surface area contributed by atoms with Crippen LogP contribution in [0.1, 0.15) is 49.2 Å². The zero-order valence-electron chi connectivity index (χ0n) is 19.3. The van der Waals surface area contributed by atoms with Crippen molar-refractivity contribution in [3.05, 3.63) is 59.5 Å². The van der Waals surface area contributed by atoms with E-state index < -0.39 is 0 Å².